The normalized spacial score (nSPS) is 20.3. The fraction of sp³-hybridized carbons (Fsp3) is 0.786. The van der Waals surface area contributed by atoms with Gasteiger partial charge in [0.1, 0.15) is 0 Å². The highest BCUT2D eigenvalue weighted by Gasteiger charge is 2.26. The van der Waals surface area contributed by atoms with Crippen LogP contribution in [-0.2, 0) is 20.0 Å². The van der Waals surface area contributed by atoms with Crippen molar-refractivity contribution in [2.45, 2.75) is 51.6 Å². The van der Waals surface area contributed by atoms with Gasteiger partial charge in [-0.15, -0.1) is 11.6 Å². The number of halogens is 2. The average molecular weight is 349 g/mol. The third-order valence-corrected chi connectivity index (χ3v) is 5.21. The van der Waals surface area contributed by atoms with Crippen molar-refractivity contribution in [2.75, 3.05) is 12.4 Å². The lowest BCUT2D eigenvalue weighted by molar-refractivity contribution is 0.227. The van der Waals surface area contributed by atoms with Gasteiger partial charge in [-0.2, -0.15) is 5.10 Å². The fourth-order valence-corrected chi connectivity index (χ4v) is 3.82. The van der Waals surface area contributed by atoms with E-state index in [1.807, 2.05) is 11.7 Å². The summed E-state index contributed by atoms with van der Waals surface area (Å²) >= 11 is 9.53. The largest absolute Gasteiger partial charge is 0.295 e. The molecule has 0 bridgehead atoms. The third-order valence-electron chi connectivity index (χ3n) is 4.03. The highest BCUT2D eigenvalue weighted by Crippen LogP contribution is 2.28. The van der Waals surface area contributed by atoms with Crippen molar-refractivity contribution in [2.24, 2.45) is 7.05 Å². The SMILES string of the molecule is CCc1nn(C)c(CN2CCCC2CCCCl)c1Br. The van der Waals surface area contributed by atoms with E-state index < -0.39 is 0 Å². The number of aromatic nitrogens is 2. The van der Waals surface area contributed by atoms with Crippen LogP contribution in [0.1, 0.15) is 44.0 Å². The minimum absolute atomic E-state index is 0.700. The van der Waals surface area contributed by atoms with Gasteiger partial charge < -0.3 is 0 Å². The maximum Gasteiger partial charge on any atom is 0.0767 e. The first-order chi connectivity index (χ1) is 9.17. The molecule has 0 spiro atoms. The number of alkyl halides is 1. The predicted octanol–water partition coefficient (Wildman–Crippen LogP) is 3.73. The molecule has 108 valence electrons. The first-order valence-corrected chi connectivity index (χ1v) is 8.50. The molecule has 1 atom stereocenters. The smallest absolute Gasteiger partial charge is 0.0767 e. The first-order valence-electron chi connectivity index (χ1n) is 7.17. The highest BCUT2D eigenvalue weighted by molar-refractivity contribution is 9.10. The zero-order valence-corrected chi connectivity index (χ0v) is 14.2. The third kappa shape index (κ3) is 3.53. The molecule has 1 aromatic heterocycles. The predicted molar refractivity (Wildman–Crippen MR) is 83.7 cm³/mol. The molecule has 0 radical (unpaired) electrons. The summed E-state index contributed by atoms with van der Waals surface area (Å²) in [4.78, 5) is 2.59. The molecule has 2 heterocycles. The van der Waals surface area contributed by atoms with Gasteiger partial charge in [-0.3, -0.25) is 9.58 Å². The number of hydrogen-bond donors (Lipinski definition) is 0. The number of nitrogens with zero attached hydrogens (tertiary/aromatic N) is 3. The summed E-state index contributed by atoms with van der Waals surface area (Å²) in [6, 6.07) is 0.700. The topological polar surface area (TPSA) is 21.1 Å². The van der Waals surface area contributed by atoms with Gasteiger partial charge in [-0.25, -0.2) is 0 Å². The van der Waals surface area contributed by atoms with Crippen LogP contribution in [0, 0.1) is 0 Å². The van der Waals surface area contributed by atoms with Crippen LogP contribution < -0.4 is 0 Å². The van der Waals surface area contributed by atoms with Crippen molar-refractivity contribution < 1.29 is 0 Å². The minimum atomic E-state index is 0.700. The van der Waals surface area contributed by atoms with Gasteiger partial charge in [0.25, 0.3) is 0 Å². The molecule has 2 rings (SSSR count). The van der Waals surface area contributed by atoms with Crippen molar-refractivity contribution in [3.63, 3.8) is 0 Å². The van der Waals surface area contributed by atoms with Crippen LogP contribution in [0.5, 0.6) is 0 Å². The summed E-state index contributed by atoms with van der Waals surface area (Å²) in [6.07, 6.45) is 5.94. The molecular weight excluding hydrogens is 326 g/mol. The second-order valence-electron chi connectivity index (χ2n) is 5.28. The van der Waals surface area contributed by atoms with Crippen molar-refractivity contribution in [1.29, 1.82) is 0 Å². The van der Waals surface area contributed by atoms with Crippen LogP contribution in [0.15, 0.2) is 4.47 Å². The second kappa shape index (κ2) is 7.09. The molecule has 0 amide bonds. The van der Waals surface area contributed by atoms with Crippen LogP contribution >= 0.6 is 27.5 Å². The lowest BCUT2D eigenvalue weighted by atomic mass is 10.1. The first kappa shape index (κ1) is 15.3. The minimum Gasteiger partial charge on any atom is -0.295 e. The quantitative estimate of drug-likeness (QED) is 0.730. The van der Waals surface area contributed by atoms with Crippen molar-refractivity contribution in [3.05, 3.63) is 15.9 Å². The van der Waals surface area contributed by atoms with E-state index in [0.717, 1.165) is 31.0 Å². The van der Waals surface area contributed by atoms with Gasteiger partial charge in [0.05, 0.1) is 15.9 Å². The molecule has 5 heteroatoms. The summed E-state index contributed by atoms with van der Waals surface area (Å²) in [6.45, 7) is 4.35. The number of rotatable bonds is 6. The maximum absolute atomic E-state index is 5.82. The van der Waals surface area contributed by atoms with Gasteiger partial charge in [0, 0.05) is 25.5 Å². The summed E-state index contributed by atoms with van der Waals surface area (Å²) < 4.78 is 3.22. The molecule has 1 aliphatic heterocycles. The molecule has 1 saturated heterocycles. The van der Waals surface area contributed by atoms with E-state index >= 15 is 0 Å². The second-order valence-corrected chi connectivity index (χ2v) is 6.45. The Bertz CT molecular complexity index is 419. The lowest BCUT2D eigenvalue weighted by Gasteiger charge is -2.24. The Hall–Kier alpha value is -0.0600. The number of aryl methyl sites for hydroxylation is 2. The number of hydrogen-bond acceptors (Lipinski definition) is 2. The van der Waals surface area contributed by atoms with E-state index in [-0.39, 0.29) is 0 Å². The standard InChI is InChI=1S/C14H23BrClN3/c1-3-12-14(15)13(18(2)17-12)10-19-9-5-7-11(19)6-4-8-16/h11H,3-10H2,1-2H3. The zero-order chi connectivity index (χ0) is 13.8. The molecule has 1 aromatic rings. The number of likely N-dealkylation sites (tertiary alicyclic amines) is 1. The van der Waals surface area contributed by atoms with Crippen LogP contribution in [0.4, 0.5) is 0 Å². The summed E-state index contributed by atoms with van der Waals surface area (Å²) in [7, 11) is 2.04. The van der Waals surface area contributed by atoms with E-state index in [1.54, 1.807) is 0 Å². The molecule has 1 aliphatic rings. The Kier molecular flexibility index (Phi) is 5.72. The van der Waals surface area contributed by atoms with Crippen molar-refractivity contribution in [3.8, 4) is 0 Å². The maximum atomic E-state index is 5.82. The molecular formula is C14H23BrClN3. The van der Waals surface area contributed by atoms with Crippen LogP contribution in [-0.4, -0.2) is 33.1 Å². The van der Waals surface area contributed by atoms with Gasteiger partial charge >= 0.3 is 0 Å². The monoisotopic (exact) mass is 347 g/mol. The van der Waals surface area contributed by atoms with Crippen molar-refractivity contribution >= 4 is 27.5 Å². The van der Waals surface area contributed by atoms with Gasteiger partial charge in [0.15, 0.2) is 0 Å². The average Bonchev–Trinajstić information content (AvgIpc) is 2.95. The fourth-order valence-electron chi connectivity index (χ4n) is 2.93. The Balaban J connectivity index is 2.05. The molecule has 0 saturated carbocycles. The van der Waals surface area contributed by atoms with Crippen LogP contribution in [0.25, 0.3) is 0 Å². The van der Waals surface area contributed by atoms with E-state index in [4.69, 9.17) is 11.6 Å². The molecule has 0 aliphatic carbocycles. The molecule has 19 heavy (non-hydrogen) atoms. The van der Waals surface area contributed by atoms with Gasteiger partial charge in [0.2, 0.25) is 0 Å². The Morgan fingerprint density at radius 1 is 1.47 bits per heavy atom. The summed E-state index contributed by atoms with van der Waals surface area (Å²) in [5.74, 6) is 0.778. The molecule has 1 fully saturated rings. The molecule has 0 N–H and O–H groups in total. The Labute approximate surface area is 129 Å². The van der Waals surface area contributed by atoms with E-state index in [2.05, 4.69) is 32.9 Å². The zero-order valence-electron chi connectivity index (χ0n) is 11.8. The molecule has 1 unspecified atom stereocenters. The van der Waals surface area contributed by atoms with Crippen molar-refractivity contribution in [1.82, 2.24) is 14.7 Å². The van der Waals surface area contributed by atoms with Gasteiger partial charge in [-0.05, 0) is 54.6 Å². The summed E-state index contributed by atoms with van der Waals surface area (Å²) in [5, 5.41) is 4.58. The van der Waals surface area contributed by atoms with E-state index in [1.165, 1.54) is 36.0 Å². The molecule has 3 nitrogen and oxygen atoms in total. The van der Waals surface area contributed by atoms with E-state index in [9.17, 15) is 0 Å². The highest BCUT2D eigenvalue weighted by atomic mass is 79.9. The summed E-state index contributed by atoms with van der Waals surface area (Å²) in [5.41, 5.74) is 2.46. The van der Waals surface area contributed by atoms with Gasteiger partial charge in [-0.1, -0.05) is 6.92 Å². The Morgan fingerprint density at radius 2 is 2.26 bits per heavy atom. The molecule has 0 aromatic carbocycles. The Morgan fingerprint density at radius 3 is 2.89 bits per heavy atom. The van der Waals surface area contributed by atoms with Crippen LogP contribution in [0.2, 0.25) is 0 Å². The lowest BCUT2D eigenvalue weighted by Crippen LogP contribution is -2.30. The van der Waals surface area contributed by atoms with Crippen LogP contribution in [0.3, 0.4) is 0 Å². The van der Waals surface area contributed by atoms with E-state index in [0.29, 0.717) is 6.04 Å².